The Morgan fingerprint density at radius 1 is 1.21 bits per heavy atom. The third kappa shape index (κ3) is 3.14. The van der Waals surface area contributed by atoms with Crippen LogP contribution in [-0.2, 0) is 19.9 Å². The van der Waals surface area contributed by atoms with Gasteiger partial charge in [-0.15, -0.1) is 11.3 Å². The molecule has 144 valence electrons. The number of nitrogens with zero attached hydrogens (tertiary/aromatic N) is 3. The third-order valence-corrected chi connectivity index (χ3v) is 6.88. The zero-order valence-electron chi connectivity index (χ0n) is 15.9. The molecule has 2 N–H and O–H groups in total. The fourth-order valence-electron chi connectivity index (χ4n) is 4.11. The molecule has 5 rings (SSSR count). The maximum absolute atomic E-state index is 12.9. The van der Waals surface area contributed by atoms with Crippen molar-refractivity contribution in [3.05, 3.63) is 52.2 Å². The molecular weight excluding hydrogens is 370 g/mol. The van der Waals surface area contributed by atoms with Crippen LogP contribution in [0.25, 0.3) is 10.4 Å². The van der Waals surface area contributed by atoms with Crippen molar-refractivity contribution in [2.24, 2.45) is 7.05 Å². The van der Waals surface area contributed by atoms with Crippen LogP contribution in [0.15, 0.2) is 30.3 Å². The number of thiophene rings is 1. The fourth-order valence-corrected chi connectivity index (χ4v) is 5.28. The summed E-state index contributed by atoms with van der Waals surface area (Å²) in [6, 6.07) is 10.5. The Morgan fingerprint density at radius 3 is 2.86 bits per heavy atom. The molecule has 3 aromatic rings. The summed E-state index contributed by atoms with van der Waals surface area (Å²) < 4.78 is 1.68. The van der Waals surface area contributed by atoms with Gasteiger partial charge in [-0.05, 0) is 61.5 Å². The number of rotatable bonds is 3. The number of aromatic nitrogens is 3. The Balaban J connectivity index is 1.37. The number of hydrogen-bond donors (Lipinski definition) is 2. The van der Waals surface area contributed by atoms with Gasteiger partial charge in [0.2, 0.25) is 5.95 Å². The second-order valence-electron chi connectivity index (χ2n) is 7.52. The molecule has 3 heterocycles. The van der Waals surface area contributed by atoms with Crippen LogP contribution < -0.4 is 10.6 Å². The minimum atomic E-state index is -0.107. The first-order valence-electron chi connectivity index (χ1n) is 9.83. The second-order valence-corrected chi connectivity index (χ2v) is 8.57. The molecule has 2 aromatic heterocycles. The lowest BCUT2D eigenvalue weighted by Gasteiger charge is -2.19. The van der Waals surface area contributed by atoms with E-state index in [-0.39, 0.29) is 5.91 Å². The molecule has 1 aliphatic heterocycles. The molecule has 7 heteroatoms. The first kappa shape index (κ1) is 17.6. The molecule has 0 bridgehead atoms. The van der Waals surface area contributed by atoms with E-state index in [2.05, 4.69) is 45.0 Å². The zero-order valence-corrected chi connectivity index (χ0v) is 16.7. The van der Waals surface area contributed by atoms with Crippen LogP contribution in [-0.4, -0.2) is 33.8 Å². The van der Waals surface area contributed by atoms with Gasteiger partial charge in [-0.2, -0.15) is 10.1 Å². The molecule has 1 fully saturated rings. The number of anilines is 1. The molecule has 1 saturated heterocycles. The Hall–Kier alpha value is -2.51. The molecule has 1 amide bonds. The molecule has 2 aliphatic rings. The van der Waals surface area contributed by atoms with Gasteiger partial charge < -0.3 is 5.32 Å². The minimum Gasteiger partial charge on any atom is -0.317 e. The number of nitrogens with one attached hydrogen (secondary N) is 2. The van der Waals surface area contributed by atoms with Crippen LogP contribution in [0.5, 0.6) is 0 Å². The van der Waals surface area contributed by atoms with Gasteiger partial charge in [-0.3, -0.25) is 10.1 Å². The van der Waals surface area contributed by atoms with Crippen molar-refractivity contribution >= 4 is 23.2 Å². The molecule has 0 unspecified atom stereocenters. The fraction of sp³-hybridized carbons (Fsp3) is 0.381. The van der Waals surface area contributed by atoms with E-state index in [1.807, 2.05) is 13.1 Å². The number of amides is 1. The molecule has 0 radical (unpaired) electrons. The van der Waals surface area contributed by atoms with Gasteiger partial charge in [0.15, 0.2) is 5.82 Å². The maximum Gasteiger partial charge on any atom is 0.268 e. The van der Waals surface area contributed by atoms with Crippen molar-refractivity contribution in [1.82, 2.24) is 20.1 Å². The molecule has 0 atom stereocenters. The Kier molecular flexibility index (Phi) is 4.49. The number of fused-ring (bicyclic) bond motifs is 3. The number of aryl methyl sites for hydroxylation is 3. The number of hydrogen-bond acceptors (Lipinski definition) is 5. The maximum atomic E-state index is 12.9. The summed E-state index contributed by atoms with van der Waals surface area (Å²) >= 11 is 1.57. The van der Waals surface area contributed by atoms with Crippen LogP contribution in [0.1, 0.15) is 45.4 Å². The van der Waals surface area contributed by atoms with Crippen LogP contribution >= 0.6 is 11.3 Å². The smallest absolute Gasteiger partial charge is 0.268 e. The van der Waals surface area contributed by atoms with Gasteiger partial charge >= 0.3 is 0 Å². The van der Waals surface area contributed by atoms with E-state index in [9.17, 15) is 4.79 Å². The van der Waals surface area contributed by atoms with Crippen molar-refractivity contribution in [2.75, 3.05) is 18.4 Å². The van der Waals surface area contributed by atoms with E-state index in [0.29, 0.717) is 11.9 Å². The quantitative estimate of drug-likeness (QED) is 0.716. The lowest BCUT2D eigenvalue weighted by Crippen LogP contribution is -2.27. The summed E-state index contributed by atoms with van der Waals surface area (Å²) in [5.41, 5.74) is 3.89. The summed E-state index contributed by atoms with van der Waals surface area (Å²) in [6.45, 7) is 1.99. The second kappa shape index (κ2) is 7.14. The van der Waals surface area contributed by atoms with Gasteiger partial charge in [0.25, 0.3) is 5.91 Å². The lowest BCUT2D eigenvalue weighted by atomic mass is 9.91. The highest BCUT2D eigenvalue weighted by molar-refractivity contribution is 7.17. The molecular formula is C21H23N5OS. The van der Waals surface area contributed by atoms with Crippen LogP contribution in [0.4, 0.5) is 5.95 Å². The normalized spacial score (nSPS) is 16.5. The van der Waals surface area contributed by atoms with Crippen molar-refractivity contribution in [3.63, 3.8) is 0 Å². The highest BCUT2D eigenvalue weighted by Crippen LogP contribution is 2.39. The zero-order chi connectivity index (χ0) is 19.1. The molecule has 6 nitrogen and oxygen atoms in total. The average molecular weight is 394 g/mol. The predicted molar refractivity (Wildman–Crippen MR) is 111 cm³/mol. The summed E-state index contributed by atoms with van der Waals surface area (Å²) in [6.07, 6.45) is 4.09. The SMILES string of the molecule is Cn1nc(C2CCNCC2)nc1NC(=O)c1cc2c(s1)-c1ccccc1CC2. The van der Waals surface area contributed by atoms with Crippen molar-refractivity contribution < 1.29 is 4.79 Å². The standard InChI is InChI=1S/C21H23N5OS/c1-26-21(23-19(25-26)14-8-10-22-11-9-14)24-20(27)17-12-15-7-6-13-4-2-3-5-16(13)18(15)28-17/h2-5,12,14,22H,6-11H2,1H3,(H,23,24,25,27). The molecule has 0 spiro atoms. The van der Waals surface area contributed by atoms with E-state index in [0.717, 1.165) is 49.5 Å². The third-order valence-electron chi connectivity index (χ3n) is 5.67. The molecule has 1 aliphatic carbocycles. The Morgan fingerprint density at radius 2 is 2.00 bits per heavy atom. The topological polar surface area (TPSA) is 71.8 Å². The predicted octanol–water partition coefficient (Wildman–Crippen LogP) is 3.36. The number of carbonyl (C=O) groups excluding carboxylic acids is 1. The number of piperidine rings is 1. The number of benzene rings is 1. The van der Waals surface area contributed by atoms with E-state index >= 15 is 0 Å². The summed E-state index contributed by atoms with van der Waals surface area (Å²) in [5.74, 6) is 1.61. The summed E-state index contributed by atoms with van der Waals surface area (Å²) in [4.78, 5) is 19.5. The lowest BCUT2D eigenvalue weighted by molar-refractivity contribution is 0.102. The monoisotopic (exact) mass is 393 g/mol. The van der Waals surface area contributed by atoms with Gasteiger partial charge in [0.05, 0.1) is 4.88 Å². The first-order valence-corrected chi connectivity index (χ1v) is 10.6. The first-order chi connectivity index (χ1) is 13.7. The average Bonchev–Trinajstić information content (AvgIpc) is 3.33. The molecule has 0 saturated carbocycles. The van der Waals surface area contributed by atoms with Gasteiger partial charge in [0.1, 0.15) is 0 Å². The summed E-state index contributed by atoms with van der Waals surface area (Å²) in [5, 5.41) is 10.9. The molecule has 28 heavy (non-hydrogen) atoms. The minimum absolute atomic E-state index is 0.107. The number of carbonyl (C=O) groups is 1. The van der Waals surface area contributed by atoms with Crippen LogP contribution in [0.2, 0.25) is 0 Å². The van der Waals surface area contributed by atoms with Crippen LogP contribution in [0, 0.1) is 0 Å². The Labute approximate surface area is 168 Å². The van der Waals surface area contributed by atoms with E-state index in [4.69, 9.17) is 0 Å². The van der Waals surface area contributed by atoms with E-state index < -0.39 is 0 Å². The van der Waals surface area contributed by atoms with Gasteiger partial charge in [0, 0.05) is 17.8 Å². The highest BCUT2D eigenvalue weighted by atomic mass is 32.1. The van der Waals surface area contributed by atoms with E-state index in [1.165, 1.54) is 21.6 Å². The van der Waals surface area contributed by atoms with Gasteiger partial charge in [-0.25, -0.2) is 4.68 Å². The van der Waals surface area contributed by atoms with Crippen LogP contribution in [0.3, 0.4) is 0 Å². The summed E-state index contributed by atoms with van der Waals surface area (Å²) in [7, 11) is 1.84. The van der Waals surface area contributed by atoms with Crippen molar-refractivity contribution in [2.45, 2.75) is 31.6 Å². The molecule has 1 aromatic carbocycles. The largest absolute Gasteiger partial charge is 0.317 e. The Bertz CT molecular complexity index is 1030. The van der Waals surface area contributed by atoms with E-state index in [1.54, 1.807) is 16.0 Å². The van der Waals surface area contributed by atoms with Crippen molar-refractivity contribution in [3.8, 4) is 10.4 Å². The van der Waals surface area contributed by atoms with Gasteiger partial charge in [-0.1, -0.05) is 24.3 Å². The highest BCUT2D eigenvalue weighted by Gasteiger charge is 2.24. The van der Waals surface area contributed by atoms with Crippen molar-refractivity contribution in [1.29, 1.82) is 0 Å².